The van der Waals surface area contributed by atoms with Crippen molar-refractivity contribution in [2.75, 3.05) is 45.9 Å². The molecule has 1 aromatic carbocycles. The van der Waals surface area contributed by atoms with Crippen molar-refractivity contribution in [2.45, 2.75) is 20.0 Å². The van der Waals surface area contributed by atoms with E-state index in [1.165, 1.54) is 5.56 Å². The van der Waals surface area contributed by atoms with Gasteiger partial charge in [-0.15, -0.1) is 0 Å². The van der Waals surface area contributed by atoms with E-state index in [2.05, 4.69) is 23.6 Å². The smallest absolute Gasteiger partial charge is 0.119 e. The van der Waals surface area contributed by atoms with Gasteiger partial charge in [-0.3, -0.25) is 4.90 Å². The molecule has 1 atom stereocenters. The standard InChI is InChI=1S/C16H26N2O2/c1-3-17-8-10-18(11-9-17)12-15(19)13-20-16-6-4-14(2)5-7-16/h4-7,15,19H,3,8-13H2,1-2H3/t15-/m0/s1. The lowest BCUT2D eigenvalue weighted by molar-refractivity contribution is 0.0471. The zero-order valence-electron chi connectivity index (χ0n) is 12.6. The lowest BCUT2D eigenvalue weighted by atomic mass is 10.2. The Morgan fingerprint density at radius 2 is 1.70 bits per heavy atom. The van der Waals surface area contributed by atoms with Crippen LogP contribution in [0.4, 0.5) is 0 Å². The highest BCUT2D eigenvalue weighted by Crippen LogP contribution is 2.12. The molecule has 2 rings (SSSR count). The molecule has 1 aliphatic heterocycles. The zero-order valence-corrected chi connectivity index (χ0v) is 12.6. The molecule has 0 bridgehead atoms. The first kappa shape index (κ1) is 15.3. The largest absolute Gasteiger partial charge is 0.491 e. The van der Waals surface area contributed by atoms with Crippen LogP contribution >= 0.6 is 0 Å². The van der Waals surface area contributed by atoms with Crippen molar-refractivity contribution in [1.82, 2.24) is 9.80 Å². The van der Waals surface area contributed by atoms with Gasteiger partial charge in [0.1, 0.15) is 18.5 Å². The van der Waals surface area contributed by atoms with Gasteiger partial charge < -0.3 is 14.7 Å². The summed E-state index contributed by atoms with van der Waals surface area (Å²) in [6.45, 7) is 10.7. The number of piperazine rings is 1. The molecule has 0 aromatic heterocycles. The molecule has 4 nitrogen and oxygen atoms in total. The number of ether oxygens (including phenoxy) is 1. The number of likely N-dealkylation sites (N-methyl/N-ethyl adjacent to an activating group) is 1. The third-order valence-electron chi connectivity index (χ3n) is 3.84. The maximum atomic E-state index is 10.1. The van der Waals surface area contributed by atoms with E-state index in [1.807, 2.05) is 24.3 Å². The van der Waals surface area contributed by atoms with Crippen molar-refractivity contribution >= 4 is 0 Å². The van der Waals surface area contributed by atoms with Gasteiger partial charge in [-0.1, -0.05) is 24.6 Å². The summed E-state index contributed by atoms with van der Waals surface area (Å²) in [7, 11) is 0. The molecule has 4 heteroatoms. The number of rotatable bonds is 6. The van der Waals surface area contributed by atoms with E-state index >= 15 is 0 Å². The first-order valence-electron chi connectivity index (χ1n) is 7.49. The summed E-state index contributed by atoms with van der Waals surface area (Å²) in [6, 6.07) is 7.93. The number of nitrogens with zero attached hydrogens (tertiary/aromatic N) is 2. The fourth-order valence-corrected chi connectivity index (χ4v) is 2.47. The molecule has 1 N–H and O–H groups in total. The number of aliphatic hydroxyl groups excluding tert-OH is 1. The Bertz CT molecular complexity index is 386. The van der Waals surface area contributed by atoms with Crippen LogP contribution < -0.4 is 4.74 Å². The fraction of sp³-hybridized carbons (Fsp3) is 0.625. The molecule has 0 saturated carbocycles. The molecule has 0 spiro atoms. The average molecular weight is 278 g/mol. The number of hydrogen-bond donors (Lipinski definition) is 1. The van der Waals surface area contributed by atoms with Gasteiger partial charge in [0.2, 0.25) is 0 Å². The van der Waals surface area contributed by atoms with E-state index in [-0.39, 0.29) is 0 Å². The molecular formula is C16H26N2O2. The normalized spacial score (nSPS) is 18.9. The number of benzene rings is 1. The second-order valence-corrected chi connectivity index (χ2v) is 5.51. The Morgan fingerprint density at radius 1 is 1.10 bits per heavy atom. The number of β-amino-alcohol motifs (C(OH)–C–C–N with tert-alkyl or cyclic N) is 1. The van der Waals surface area contributed by atoms with E-state index in [0.717, 1.165) is 38.5 Å². The van der Waals surface area contributed by atoms with Crippen molar-refractivity contribution in [3.63, 3.8) is 0 Å². The van der Waals surface area contributed by atoms with Crippen LogP contribution in [0.15, 0.2) is 24.3 Å². The van der Waals surface area contributed by atoms with Gasteiger partial charge >= 0.3 is 0 Å². The minimum atomic E-state index is -0.426. The highest BCUT2D eigenvalue weighted by molar-refractivity contribution is 5.26. The van der Waals surface area contributed by atoms with Crippen LogP contribution in [0.1, 0.15) is 12.5 Å². The summed E-state index contributed by atoms with van der Waals surface area (Å²) in [5.41, 5.74) is 1.21. The molecule has 1 aliphatic rings. The third kappa shape index (κ3) is 4.78. The van der Waals surface area contributed by atoms with Crippen molar-refractivity contribution < 1.29 is 9.84 Å². The molecule has 1 heterocycles. The predicted octanol–water partition coefficient (Wildman–Crippen LogP) is 1.37. The molecule has 112 valence electrons. The zero-order chi connectivity index (χ0) is 14.4. The van der Waals surface area contributed by atoms with E-state index in [9.17, 15) is 5.11 Å². The molecule has 1 saturated heterocycles. The van der Waals surface area contributed by atoms with Crippen molar-refractivity contribution in [1.29, 1.82) is 0 Å². The van der Waals surface area contributed by atoms with E-state index in [4.69, 9.17) is 4.74 Å². The quantitative estimate of drug-likeness (QED) is 0.852. The van der Waals surface area contributed by atoms with Crippen molar-refractivity contribution in [3.05, 3.63) is 29.8 Å². The van der Waals surface area contributed by atoms with Gasteiger partial charge in [-0.05, 0) is 25.6 Å². The van der Waals surface area contributed by atoms with Crippen molar-refractivity contribution in [3.8, 4) is 5.75 Å². The van der Waals surface area contributed by atoms with Crippen LogP contribution in [-0.4, -0.2) is 66.9 Å². The number of aryl methyl sites for hydroxylation is 1. The maximum absolute atomic E-state index is 10.1. The molecule has 0 unspecified atom stereocenters. The lowest BCUT2D eigenvalue weighted by Gasteiger charge is -2.34. The van der Waals surface area contributed by atoms with Crippen LogP contribution in [0.2, 0.25) is 0 Å². The molecule has 1 aromatic rings. The van der Waals surface area contributed by atoms with Crippen LogP contribution in [0, 0.1) is 6.92 Å². The number of hydrogen-bond acceptors (Lipinski definition) is 4. The Morgan fingerprint density at radius 3 is 2.30 bits per heavy atom. The molecule has 0 aliphatic carbocycles. The summed E-state index contributed by atoms with van der Waals surface area (Å²) >= 11 is 0. The van der Waals surface area contributed by atoms with E-state index in [0.29, 0.717) is 13.2 Å². The SMILES string of the molecule is CCN1CCN(C[C@H](O)COc2ccc(C)cc2)CC1. The van der Waals surface area contributed by atoms with E-state index in [1.54, 1.807) is 0 Å². The summed E-state index contributed by atoms with van der Waals surface area (Å²) in [5, 5.41) is 10.1. The second-order valence-electron chi connectivity index (χ2n) is 5.51. The molecule has 0 radical (unpaired) electrons. The molecule has 1 fully saturated rings. The fourth-order valence-electron chi connectivity index (χ4n) is 2.47. The Labute approximate surface area is 122 Å². The van der Waals surface area contributed by atoms with Gasteiger partial charge in [0.25, 0.3) is 0 Å². The Kier molecular flexibility index (Phi) is 5.83. The summed E-state index contributed by atoms with van der Waals surface area (Å²) in [4.78, 5) is 4.75. The topological polar surface area (TPSA) is 35.9 Å². The maximum Gasteiger partial charge on any atom is 0.119 e. The van der Waals surface area contributed by atoms with Crippen molar-refractivity contribution in [2.24, 2.45) is 0 Å². The van der Waals surface area contributed by atoms with Gasteiger partial charge in [-0.25, -0.2) is 0 Å². The predicted molar refractivity (Wildman–Crippen MR) is 81.2 cm³/mol. The molecule has 0 amide bonds. The monoisotopic (exact) mass is 278 g/mol. The Balaban J connectivity index is 1.68. The van der Waals surface area contributed by atoms with Gasteiger partial charge in [-0.2, -0.15) is 0 Å². The first-order chi connectivity index (χ1) is 9.67. The van der Waals surface area contributed by atoms with Crippen LogP contribution in [-0.2, 0) is 0 Å². The highest BCUT2D eigenvalue weighted by Gasteiger charge is 2.18. The average Bonchev–Trinajstić information content (AvgIpc) is 2.47. The van der Waals surface area contributed by atoms with Gasteiger partial charge in [0.05, 0.1) is 0 Å². The number of aliphatic hydroxyl groups is 1. The third-order valence-corrected chi connectivity index (χ3v) is 3.84. The van der Waals surface area contributed by atoms with Crippen LogP contribution in [0.25, 0.3) is 0 Å². The first-order valence-corrected chi connectivity index (χ1v) is 7.49. The van der Waals surface area contributed by atoms with Crippen LogP contribution in [0.5, 0.6) is 5.75 Å². The van der Waals surface area contributed by atoms with Gasteiger partial charge in [0, 0.05) is 32.7 Å². The van der Waals surface area contributed by atoms with Gasteiger partial charge in [0.15, 0.2) is 0 Å². The summed E-state index contributed by atoms with van der Waals surface area (Å²) < 4.78 is 5.62. The minimum absolute atomic E-state index is 0.358. The highest BCUT2D eigenvalue weighted by atomic mass is 16.5. The van der Waals surface area contributed by atoms with E-state index < -0.39 is 6.10 Å². The summed E-state index contributed by atoms with van der Waals surface area (Å²) in [6.07, 6.45) is -0.426. The lowest BCUT2D eigenvalue weighted by Crippen LogP contribution is -2.49. The molecular weight excluding hydrogens is 252 g/mol. The second kappa shape index (κ2) is 7.62. The minimum Gasteiger partial charge on any atom is -0.491 e. The summed E-state index contributed by atoms with van der Waals surface area (Å²) in [5.74, 6) is 0.824. The Hall–Kier alpha value is -1.10. The van der Waals surface area contributed by atoms with Crippen LogP contribution in [0.3, 0.4) is 0 Å². The molecule has 20 heavy (non-hydrogen) atoms.